The Morgan fingerprint density at radius 1 is 0.273 bits per heavy atom. The first kappa shape index (κ1) is 71.8. The molecule has 0 aliphatic carbocycles. The van der Waals surface area contributed by atoms with Gasteiger partial charge in [0.05, 0.1) is 0 Å². The Labute approximate surface area is 472 Å². The molecule has 0 heterocycles. The van der Waals surface area contributed by atoms with Crippen LogP contribution in [0.3, 0.4) is 0 Å². The van der Waals surface area contributed by atoms with Crippen LogP contribution in [0.5, 0.6) is 0 Å². The number of unbranched alkanes of at least 4 members (excludes halogenated alkanes) is 14. The Bertz CT molecular complexity index is 1790. The van der Waals surface area contributed by atoms with Gasteiger partial charge in [0, 0.05) is 19.3 Å². The van der Waals surface area contributed by atoms with Gasteiger partial charge in [0.25, 0.3) is 0 Å². The molecule has 0 aromatic rings. The summed E-state index contributed by atoms with van der Waals surface area (Å²) >= 11 is 0. The average Bonchev–Trinajstić information content (AvgIpc) is 3.43. The highest BCUT2D eigenvalue weighted by Gasteiger charge is 2.19. The fourth-order valence-corrected chi connectivity index (χ4v) is 7.69. The lowest BCUT2D eigenvalue weighted by Crippen LogP contribution is -2.30. The maximum atomic E-state index is 12.8. The molecule has 1 atom stereocenters. The number of allylic oxidation sites excluding steroid dienone is 28. The van der Waals surface area contributed by atoms with Crippen LogP contribution in [0.2, 0.25) is 0 Å². The summed E-state index contributed by atoms with van der Waals surface area (Å²) in [6.07, 6.45) is 93.9. The molecule has 0 spiro atoms. The van der Waals surface area contributed by atoms with Crippen molar-refractivity contribution >= 4 is 17.9 Å². The zero-order valence-electron chi connectivity index (χ0n) is 49.1. The number of hydrogen-bond acceptors (Lipinski definition) is 6. The van der Waals surface area contributed by atoms with E-state index < -0.39 is 6.10 Å². The summed E-state index contributed by atoms with van der Waals surface area (Å²) < 4.78 is 16.7. The second-order valence-electron chi connectivity index (χ2n) is 19.5. The van der Waals surface area contributed by atoms with Crippen molar-refractivity contribution in [2.24, 2.45) is 0 Å². The van der Waals surface area contributed by atoms with Gasteiger partial charge in [0.1, 0.15) is 13.2 Å². The average molecular weight is 1060 g/mol. The van der Waals surface area contributed by atoms with Gasteiger partial charge in [-0.25, -0.2) is 0 Å². The first-order valence-electron chi connectivity index (χ1n) is 30.6. The Balaban J connectivity index is 4.23. The number of hydrogen-bond donors (Lipinski definition) is 0. The molecular formula is C71H110O6. The zero-order valence-corrected chi connectivity index (χ0v) is 49.1. The fraction of sp³-hybridized carbons (Fsp3) is 0.563. The monoisotopic (exact) mass is 1060 g/mol. The van der Waals surface area contributed by atoms with Gasteiger partial charge in [0.2, 0.25) is 0 Å². The third-order valence-electron chi connectivity index (χ3n) is 12.2. The van der Waals surface area contributed by atoms with E-state index in [1.165, 1.54) is 0 Å². The molecule has 0 aromatic carbocycles. The van der Waals surface area contributed by atoms with Gasteiger partial charge in [-0.05, 0) is 135 Å². The van der Waals surface area contributed by atoms with Crippen molar-refractivity contribution in [3.8, 4) is 0 Å². The standard InChI is InChI=1S/C71H110O6/c1-4-7-10-13-15-17-19-21-23-25-27-29-31-33-35-37-39-41-43-45-47-49-51-53-55-58-61-64-70(73)76-67-68(66-75-69(72)63-60-57-12-9-6-3)77-71(74)65-62-59-56-54-52-50-48-46-44-42-40-38-36-34-32-30-28-26-24-22-20-18-16-14-11-8-5-2/h7-8,10-11,15-18,21-24,27-30,33-36,39-42,45-48,68H,4-6,9,12-14,19-20,25-26,31-32,37-38,43-44,49-67H2,1-3H3/b10-7-,11-8-,17-15-,18-16-,23-21-,24-22-,29-27-,30-28-,35-33-,36-34-,41-39-,42-40-,47-45-,48-46-. The first-order valence-corrected chi connectivity index (χ1v) is 30.6. The molecule has 1 unspecified atom stereocenters. The van der Waals surface area contributed by atoms with Gasteiger partial charge in [-0.1, -0.05) is 255 Å². The zero-order chi connectivity index (χ0) is 55.7. The van der Waals surface area contributed by atoms with Gasteiger partial charge in [-0.15, -0.1) is 0 Å². The highest BCUT2D eigenvalue weighted by molar-refractivity contribution is 5.71. The number of ether oxygens (including phenoxy) is 3. The maximum Gasteiger partial charge on any atom is 0.306 e. The van der Waals surface area contributed by atoms with Crippen molar-refractivity contribution in [1.82, 2.24) is 0 Å². The van der Waals surface area contributed by atoms with E-state index in [9.17, 15) is 14.4 Å². The van der Waals surface area contributed by atoms with Crippen LogP contribution in [0, 0.1) is 0 Å². The molecule has 0 saturated heterocycles. The van der Waals surface area contributed by atoms with Crippen molar-refractivity contribution < 1.29 is 28.6 Å². The van der Waals surface area contributed by atoms with Gasteiger partial charge in [-0.2, -0.15) is 0 Å². The van der Waals surface area contributed by atoms with Crippen LogP contribution in [-0.2, 0) is 28.6 Å². The van der Waals surface area contributed by atoms with E-state index in [-0.39, 0.29) is 31.1 Å². The quantitative estimate of drug-likeness (QED) is 0.0261. The number of esters is 3. The van der Waals surface area contributed by atoms with Gasteiger partial charge >= 0.3 is 17.9 Å². The van der Waals surface area contributed by atoms with E-state index in [1.807, 2.05) is 0 Å². The molecule has 0 N–H and O–H groups in total. The molecule has 0 aliphatic rings. The van der Waals surface area contributed by atoms with E-state index in [1.54, 1.807) is 0 Å². The summed E-state index contributed by atoms with van der Waals surface area (Å²) in [5, 5.41) is 0. The number of carbonyl (C=O) groups excluding carboxylic acids is 3. The predicted octanol–water partition coefficient (Wildman–Crippen LogP) is 21.1. The molecule has 0 bridgehead atoms. The largest absolute Gasteiger partial charge is 0.462 e. The van der Waals surface area contributed by atoms with E-state index in [0.717, 1.165) is 199 Å². The van der Waals surface area contributed by atoms with Crippen LogP contribution in [0.4, 0.5) is 0 Å². The Morgan fingerprint density at radius 3 is 0.792 bits per heavy atom. The van der Waals surface area contributed by atoms with Crippen LogP contribution in [0.25, 0.3) is 0 Å². The van der Waals surface area contributed by atoms with Crippen LogP contribution >= 0.6 is 0 Å². The minimum absolute atomic E-state index is 0.101. The van der Waals surface area contributed by atoms with Crippen molar-refractivity contribution in [3.63, 3.8) is 0 Å². The Hall–Kier alpha value is -5.23. The maximum absolute atomic E-state index is 12.8. The molecule has 77 heavy (non-hydrogen) atoms. The molecule has 0 rings (SSSR count). The Morgan fingerprint density at radius 2 is 0.506 bits per heavy atom. The molecule has 6 nitrogen and oxygen atoms in total. The van der Waals surface area contributed by atoms with E-state index in [2.05, 4.69) is 191 Å². The minimum atomic E-state index is -0.803. The van der Waals surface area contributed by atoms with Crippen molar-refractivity contribution in [2.45, 2.75) is 245 Å². The Kier molecular flexibility index (Phi) is 59.0. The minimum Gasteiger partial charge on any atom is -0.462 e. The summed E-state index contributed by atoms with van der Waals surface area (Å²) in [6, 6.07) is 0. The second kappa shape index (κ2) is 63.3. The first-order chi connectivity index (χ1) is 38.0. The number of carbonyl (C=O) groups is 3. The van der Waals surface area contributed by atoms with Crippen molar-refractivity contribution in [2.75, 3.05) is 13.2 Å². The van der Waals surface area contributed by atoms with Gasteiger partial charge < -0.3 is 14.2 Å². The topological polar surface area (TPSA) is 78.9 Å². The third-order valence-corrected chi connectivity index (χ3v) is 12.2. The summed E-state index contributed by atoms with van der Waals surface area (Å²) in [5.74, 6) is -0.963. The SMILES string of the molecule is CC/C=C\C/C=C\C/C=C\C/C=C\C/C=C\C/C=C\C/C=C\CCCCCCCC(=O)OCC(COC(=O)CCCCCCC)OC(=O)CCCCCCC/C=C\C/C=C\C/C=C\C/C=C\C/C=C\C/C=C\C/C=C\CC. The molecule has 0 saturated carbocycles. The molecule has 0 radical (unpaired) electrons. The summed E-state index contributed by atoms with van der Waals surface area (Å²) in [6.45, 7) is 6.28. The predicted molar refractivity (Wildman–Crippen MR) is 334 cm³/mol. The van der Waals surface area contributed by atoms with Crippen molar-refractivity contribution in [3.05, 3.63) is 170 Å². The lowest BCUT2D eigenvalue weighted by Gasteiger charge is -2.18. The molecule has 0 aliphatic heterocycles. The fourth-order valence-electron chi connectivity index (χ4n) is 7.69. The van der Waals surface area contributed by atoms with Crippen LogP contribution < -0.4 is 0 Å². The normalized spacial score (nSPS) is 13.3. The van der Waals surface area contributed by atoms with Crippen molar-refractivity contribution in [1.29, 1.82) is 0 Å². The van der Waals surface area contributed by atoms with Crippen LogP contribution in [0.15, 0.2) is 170 Å². The third kappa shape index (κ3) is 61.5. The molecule has 0 aromatic heterocycles. The molecular weight excluding hydrogens is 949 g/mol. The molecule has 0 fully saturated rings. The summed E-state index contributed by atoms with van der Waals surface area (Å²) in [4.78, 5) is 37.9. The van der Waals surface area contributed by atoms with Crippen LogP contribution in [-0.4, -0.2) is 37.2 Å². The van der Waals surface area contributed by atoms with Gasteiger partial charge in [-0.3, -0.25) is 14.4 Å². The summed E-state index contributed by atoms with van der Waals surface area (Å²) in [5.41, 5.74) is 0. The van der Waals surface area contributed by atoms with E-state index >= 15 is 0 Å². The lowest BCUT2D eigenvalue weighted by molar-refractivity contribution is -0.167. The molecule has 6 heteroatoms. The highest BCUT2D eigenvalue weighted by atomic mass is 16.6. The smallest absolute Gasteiger partial charge is 0.306 e. The second-order valence-corrected chi connectivity index (χ2v) is 19.5. The van der Waals surface area contributed by atoms with Crippen LogP contribution in [0.1, 0.15) is 239 Å². The van der Waals surface area contributed by atoms with E-state index in [0.29, 0.717) is 19.3 Å². The molecule has 0 amide bonds. The van der Waals surface area contributed by atoms with Gasteiger partial charge in [0.15, 0.2) is 6.10 Å². The highest BCUT2D eigenvalue weighted by Crippen LogP contribution is 2.13. The molecule has 430 valence electrons. The van der Waals surface area contributed by atoms with E-state index in [4.69, 9.17) is 14.2 Å². The summed E-state index contributed by atoms with van der Waals surface area (Å²) in [7, 11) is 0. The number of rotatable bonds is 53. The lowest BCUT2D eigenvalue weighted by atomic mass is 10.1.